The minimum Gasteiger partial charge on any atom is -0.494 e. The molecular weight excluding hydrogens is 757 g/mol. The Morgan fingerprint density at radius 1 is 1.02 bits per heavy atom. The number of aromatic nitrogens is 6. The number of piperidine rings is 2. The van der Waals surface area contributed by atoms with E-state index in [1.54, 1.807) is 23.7 Å². The van der Waals surface area contributed by atoms with Gasteiger partial charge in [-0.25, -0.2) is 14.8 Å². The summed E-state index contributed by atoms with van der Waals surface area (Å²) >= 11 is 0. The van der Waals surface area contributed by atoms with Gasteiger partial charge < -0.3 is 19.9 Å². The number of imidazole rings is 1. The van der Waals surface area contributed by atoms with Crippen LogP contribution in [0, 0.1) is 5.92 Å². The SMILES string of the molecule is COc1cc2nn(C3CCC(CN(C)C4CCN(c5cccc6c5n(C)c(=O)n6C5CCC(=O)NC5=O)CC4)CC3)cc2cc1NC(=O)c1cnc(C(F)(F)F)nc1. The molecule has 2 saturated heterocycles. The summed E-state index contributed by atoms with van der Waals surface area (Å²) in [5.74, 6) is -1.83. The van der Waals surface area contributed by atoms with E-state index in [2.05, 4.69) is 37.4 Å². The molecule has 1 atom stereocenters. The summed E-state index contributed by atoms with van der Waals surface area (Å²) in [6, 6.07) is 9.24. The maximum absolute atomic E-state index is 13.4. The Labute approximate surface area is 331 Å². The normalized spacial score (nSPS) is 20.9. The molecule has 1 unspecified atom stereocenters. The van der Waals surface area contributed by atoms with Crippen LogP contribution in [0.3, 0.4) is 0 Å². The highest BCUT2D eigenvalue weighted by Crippen LogP contribution is 2.37. The van der Waals surface area contributed by atoms with Gasteiger partial charge in [0, 0.05) is 69.2 Å². The zero-order chi connectivity index (χ0) is 40.9. The average Bonchev–Trinajstić information content (AvgIpc) is 3.74. The van der Waals surface area contributed by atoms with Crippen molar-refractivity contribution in [1.82, 2.24) is 39.1 Å². The molecule has 3 fully saturated rings. The molecule has 8 rings (SSSR count). The van der Waals surface area contributed by atoms with E-state index in [0.717, 1.165) is 87.1 Å². The number of anilines is 2. The second kappa shape index (κ2) is 15.5. The summed E-state index contributed by atoms with van der Waals surface area (Å²) in [6.07, 6.45) is 5.45. The third-order valence-electron chi connectivity index (χ3n) is 12.0. The van der Waals surface area contributed by atoms with E-state index < -0.39 is 29.9 Å². The van der Waals surface area contributed by atoms with E-state index in [0.29, 0.717) is 40.9 Å². The highest BCUT2D eigenvalue weighted by atomic mass is 19.4. The lowest BCUT2D eigenvalue weighted by Crippen LogP contribution is -2.45. The number of carbonyl (C=O) groups is 3. The number of amides is 3. The van der Waals surface area contributed by atoms with E-state index in [9.17, 15) is 32.3 Å². The second-order valence-corrected chi connectivity index (χ2v) is 15.6. The van der Waals surface area contributed by atoms with Crippen LogP contribution in [0.4, 0.5) is 24.5 Å². The van der Waals surface area contributed by atoms with Gasteiger partial charge in [-0.2, -0.15) is 18.3 Å². The zero-order valence-electron chi connectivity index (χ0n) is 32.5. The number of rotatable bonds is 9. The van der Waals surface area contributed by atoms with Gasteiger partial charge in [0.25, 0.3) is 5.91 Å². The van der Waals surface area contributed by atoms with Crippen LogP contribution in [-0.4, -0.2) is 91.3 Å². The van der Waals surface area contributed by atoms with Gasteiger partial charge >= 0.3 is 11.9 Å². The molecule has 3 amide bonds. The van der Waals surface area contributed by atoms with E-state index in [-0.39, 0.29) is 29.6 Å². The number of para-hydroxylation sites is 1. The molecule has 0 spiro atoms. The Balaban J connectivity index is 0.860. The van der Waals surface area contributed by atoms with Gasteiger partial charge in [0.1, 0.15) is 11.8 Å². The maximum Gasteiger partial charge on any atom is 0.451 e. The van der Waals surface area contributed by atoms with Crippen LogP contribution in [0.2, 0.25) is 0 Å². The van der Waals surface area contributed by atoms with Gasteiger partial charge in [-0.3, -0.25) is 33.5 Å². The fourth-order valence-electron chi connectivity index (χ4n) is 8.91. The van der Waals surface area contributed by atoms with Gasteiger partial charge in [0.2, 0.25) is 17.6 Å². The van der Waals surface area contributed by atoms with Gasteiger partial charge in [-0.1, -0.05) is 6.07 Å². The molecular formula is C40H45F3N10O5. The van der Waals surface area contributed by atoms with Crippen molar-refractivity contribution in [3.05, 3.63) is 70.8 Å². The first-order valence-electron chi connectivity index (χ1n) is 19.5. The molecule has 2 aromatic carbocycles. The van der Waals surface area contributed by atoms with E-state index in [4.69, 9.17) is 9.84 Å². The fourth-order valence-corrected chi connectivity index (χ4v) is 8.91. The quantitative estimate of drug-likeness (QED) is 0.193. The smallest absolute Gasteiger partial charge is 0.451 e. The molecule has 2 aliphatic heterocycles. The monoisotopic (exact) mass is 802 g/mol. The Morgan fingerprint density at radius 2 is 1.74 bits per heavy atom. The Hall–Kier alpha value is -5.78. The van der Waals surface area contributed by atoms with Gasteiger partial charge in [0.05, 0.1) is 46.6 Å². The molecule has 1 saturated carbocycles. The van der Waals surface area contributed by atoms with Crippen molar-refractivity contribution < 1.29 is 32.3 Å². The molecule has 0 radical (unpaired) electrons. The van der Waals surface area contributed by atoms with Crippen LogP contribution in [0.25, 0.3) is 21.9 Å². The number of aryl methyl sites for hydroxylation is 1. The summed E-state index contributed by atoms with van der Waals surface area (Å²) in [5, 5.41) is 10.7. The van der Waals surface area contributed by atoms with E-state index in [1.807, 2.05) is 29.1 Å². The molecule has 1 aliphatic carbocycles. The molecule has 3 aliphatic rings. The average molecular weight is 803 g/mol. The van der Waals surface area contributed by atoms with Crippen molar-refractivity contribution >= 4 is 51.0 Å². The second-order valence-electron chi connectivity index (χ2n) is 15.6. The lowest BCUT2D eigenvalue weighted by Gasteiger charge is -2.40. The Bertz CT molecular complexity index is 2430. The molecule has 0 bridgehead atoms. The summed E-state index contributed by atoms with van der Waals surface area (Å²) in [6.45, 7) is 2.68. The number of carbonyl (C=O) groups excluding carboxylic acids is 3. The molecule has 5 aromatic rings. The highest BCUT2D eigenvalue weighted by Gasteiger charge is 2.35. The number of nitrogens with zero attached hydrogens (tertiary/aromatic N) is 8. The number of imide groups is 1. The lowest BCUT2D eigenvalue weighted by molar-refractivity contribution is -0.145. The number of halogens is 3. The molecule has 306 valence electrons. The van der Waals surface area contributed by atoms with Crippen LogP contribution >= 0.6 is 0 Å². The third kappa shape index (κ3) is 7.52. The highest BCUT2D eigenvalue weighted by molar-refractivity contribution is 6.06. The van der Waals surface area contributed by atoms with Crippen LogP contribution < -0.4 is 26.0 Å². The topological polar surface area (TPSA) is 162 Å². The summed E-state index contributed by atoms with van der Waals surface area (Å²) in [4.78, 5) is 62.2. The van der Waals surface area contributed by atoms with Crippen molar-refractivity contribution in [3.63, 3.8) is 0 Å². The van der Waals surface area contributed by atoms with Crippen molar-refractivity contribution in [2.24, 2.45) is 13.0 Å². The van der Waals surface area contributed by atoms with Crippen molar-refractivity contribution in [2.75, 3.05) is 44.0 Å². The molecule has 58 heavy (non-hydrogen) atoms. The number of methoxy groups -OCH3 is 1. The number of benzene rings is 2. The van der Waals surface area contributed by atoms with Crippen LogP contribution in [0.1, 0.15) is 79.6 Å². The number of hydrogen-bond acceptors (Lipinski definition) is 10. The third-order valence-corrected chi connectivity index (χ3v) is 12.0. The maximum atomic E-state index is 13.4. The first-order chi connectivity index (χ1) is 27.8. The Kier molecular flexibility index (Phi) is 10.5. The van der Waals surface area contributed by atoms with Crippen LogP contribution in [0.5, 0.6) is 5.75 Å². The number of nitrogens with one attached hydrogen (secondary N) is 2. The molecule has 2 N–H and O–H groups in total. The largest absolute Gasteiger partial charge is 0.494 e. The minimum atomic E-state index is -4.71. The van der Waals surface area contributed by atoms with Gasteiger partial charge in [-0.05, 0) is 76.1 Å². The number of fused-ring (bicyclic) bond motifs is 2. The Morgan fingerprint density at radius 3 is 2.41 bits per heavy atom. The van der Waals surface area contributed by atoms with Gasteiger partial charge in [0.15, 0.2) is 0 Å². The van der Waals surface area contributed by atoms with Gasteiger partial charge in [-0.15, -0.1) is 0 Å². The number of ether oxygens (including phenoxy) is 1. The lowest BCUT2D eigenvalue weighted by atomic mass is 9.85. The summed E-state index contributed by atoms with van der Waals surface area (Å²) < 4.78 is 49.3. The van der Waals surface area contributed by atoms with E-state index in [1.165, 1.54) is 11.7 Å². The molecule has 18 heteroatoms. The zero-order valence-corrected chi connectivity index (χ0v) is 32.5. The van der Waals surface area contributed by atoms with Crippen LogP contribution in [-0.2, 0) is 22.8 Å². The first kappa shape index (κ1) is 39.1. The predicted octanol–water partition coefficient (Wildman–Crippen LogP) is 5.07. The fraction of sp³-hybridized carbons (Fsp3) is 0.475. The van der Waals surface area contributed by atoms with Crippen molar-refractivity contribution in [3.8, 4) is 5.75 Å². The van der Waals surface area contributed by atoms with Crippen molar-refractivity contribution in [1.29, 1.82) is 0 Å². The summed E-state index contributed by atoms with van der Waals surface area (Å²) in [5.41, 5.74) is 3.12. The first-order valence-corrected chi connectivity index (χ1v) is 19.5. The van der Waals surface area contributed by atoms with E-state index >= 15 is 0 Å². The van der Waals surface area contributed by atoms with Crippen molar-refractivity contribution in [2.45, 2.75) is 75.7 Å². The molecule has 15 nitrogen and oxygen atoms in total. The minimum absolute atomic E-state index is 0.123. The standard InChI is InChI=1S/C40H45F3N10O5/c1-49(26-13-15-51(16-14-26)30-5-4-6-31-35(30)50(2)39(57)53(31)32-11-12-34(54)47-37(32)56)21-23-7-9-27(10-8-23)52-22-24-17-29(33(58-3)18-28(24)48-52)46-36(55)25-19-44-38(45-20-25)40(41,42)43/h4-6,17-20,22-23,26-27,32H,7-16,21H2,1-3H3,(H,46,55)(H,47,54,56). The predicted molar refractivity (Wildman–Crippen MR) is 209 cm³/mol. The van der Waals surface area contributed by atoms with Crippen LogP contribution in [0.15, 0.2) is 53.7 Å². The number of hydrogen-bond donors (Lipinski definition) is 2. The number of alkyl halides is 3. The summed E-state index contributed by atoms with van der Waals surface area (Å²) in [7, 11) is 5.42. The molecule has 3 aromatic heterocycles. The molecule has 5 heterocycles.